The van der Waals surface area contributed by atoms with Gasteiger partial charge in [0.1, 0.15) is 0 Å². The van der Waals surface area contributed by atoms with Gasteiger partial charge in [-0.2, -0.15) is 0 Å². The van der Waals surface area contributed by atoms with E-state index in [1.807, 2.05) is 49.4 Å². The second-order valence-corrected chi connectivity index (χ2v) is 6.63. The average molecular weight is 323 g/mol. The summed E-state index contributed by atoms with van der Waals surface area (Å²) in [5, 5.41) is 3.04. The van der Waals surface area contributed by atoms with E-state index in [0.29, 0.717) is 17.3 Å². The number of nitrogens with one attached hydrogen (secondary N) is 1. The van der Waals surface area contributed by atoms with E-state index in [4.69, 9.17) is 5.73 Å². The normalized spacial score (nSPS) is 17.6. The highest BCUT2D eigenvalue weighted by Crippen LogP contribution is 2.33. The van der Waals surface area contributed by atoms with Gasteiger partial charge in [-0.1, -0.05) is 17.7 Å². The smallest absolute Gasteiger partial charge is 0.255 e. The van der Waals surface area contributed by atoms with Crippen LogP contribution in [0.15, 0.2) is 42.5 Å². The van der Waals surface area contributed by atoms with Gasteiger partial charge in [-0.25, -0.2) is 0 Å². The Morgan fingerprint density at radius 1 is 1.17 bits per heavy atom. The average Bonchev–Trinajstić information content (AvgIpc) is 2.56. The van der Waals surface area contributed by atoms with Gasteiger partial charge in [-0.15, -0.1) is 0 Å². The quantitative estimate of drug-likeness (QED) is 0.832. The van der Waals surface area contributed by atoms with Gasteiger partial charge in [0.05, 0.1) is 11.4 Å². The monoisotopic (exact) mass is 323 g/mol. The van der Waals surface area contributed by atoms with Crippen LogP contribution < -0.4 is 16.0 Å². The maximum absolute atomic E-state index is 12.6. The third-order valence-electron chi connectivity index (χ3n) is 4.69. The SMILES string of the molecule is Cc1ccc(C(=O)Nc2cc(N)ccc2N2CCCC[C@H]2C)cc1. The van der Waals surface area contributed by atoms with Crippen molar-refractivity contribution in [2.75, 3.05) is 22.5 Å². The van der Waals surface area contributed by atoms with E-state index in [-0.39, 0.29) is 5.91 Å². The molecular weight excluding hydrogens is 298 g/mol. The fourth-order valence-electron chi connectivity index (χ4n) is 3.26. The van der Waals surface area contributed by atoms with Gasteiger partial charge in [0.2, 0.25) is 0 Å². The Labute approximate surface area is 143 Å². The van der Waals surface area contributed by atoms with E-state index in [1.54, 1.807) is 0 Å². The number of piperidine rings is 1. The van der Waals surface area contributed by atoms with Crippen molar-refractivity contribution < 1.29 is 4.79 Å². The lowest BCUT2D eigenvalue weighted by atomic mass is 10.0. The van der Waals surface area contributed by atoms with Crippen molar-refractivity contribution in [2.45, 2.75) is 39.2 Å². The molecule has 4 heteroatoms. The van der Waals surface area contributed by atoms with Gasteiger partial charge >= 0.3 is 0 Å². The summed E-state index contributed by atoms with van der Waals surface area (Å²) in [5.41, 5.74) is 10.2. The molecule has 1 saturated heterocycles. The van der Waals surface area contributed by atoms with Crippen LogP contribution in [0.1, 0.15) is 42.1 Å². The van der Waals surface area contributed by atoms with Crippen molar-refractivity contribution in [3.63, 3.8) is 0 Å². The summed E-state index contributed by atoms with van der Waals surface area (Å²) in [6.45, 7) is 5.26. The maximum atomic E-state index is 12.6. The van der Waals surface area contributed by atoms with E-state index in [1.165, 1.54) is 19.3 Å². The molecule has 126 valence electrons. The largest absolute Gasteiger partial charge is 0.399 e. The zero-order chi connectivity index (χ0) is 17.1. The second kappa shape index (κ2) is 6.95. The van der Waals surface area contributed by atoms with Crippen LogP contribution in [-0.2, 0) is 0 Å². The Balaban J connectivity index is 1.87. The summed E-state index contributed by atoms with van der Waals surface area (Å²) in [5.74, 6) is -0.105. The van der Waals surface area contributed by atoms with Crippen LogP contribution in [-0.4, -0.2) is 18.5 Å². The lowest BCUT2D eigenvalue weighted by Gasteiger charge is -2.36. The van der Waals surface area contributed by atoms with Crippen LogP contribution in [0.3, 0.4) is 0 Å². The predicted molar refractivity (Wildman–Crippen MR) is 101 cm³/mol. The van der Waals surface area contributed by atoms with Crippen LogP contribution in [0.25, 0.3) is 0 Å². The standard InChI is InChI=1S/C20H25N3O/c1-14-6-8-16(9-7-14)20(24)22-18-13-17(21)10-11-19(18)23-12-4-3-5-15(23)2/h6-11,13,15H,3-5,12,21H2,1-2H3,(H,22,24)/t15-/m1/s1. The van der Waals surface area contributed by atoms with E-state index < -0.39 is 0 Å². The molecule has 0 bridgehead atoms. The van der Waals surface area contributed by atoms with Gasteiger partial charge < -0.3 is 16.0 Å². The summed E-state index contributed by atoms with van der Waals surface area (Å²) in [4.78, 5) is 15.0. The van der Waals surface area contributed by atoms with Crippen molar-refractivity contribution in [3.05, 3.63) is 53.6 Å². The highest BCUT2D eigenvalue weighted by Gasteiger charge is 2.22. The molecule has 0 radical (unpaired) electrons. The molecule has 4 nitrogen and oxygen atoms in total. The minimum absolute atomic E-state index is 0.105. The number of nitrogens with zero attached hydrogens (tertiary/aromatic N) is 1. The number of carbonyl (C=O) groups excluding carboxylic acids is 1. The highest BCUT2D eigenvalue weighted by atomic mass is 16.1. The summed E-state index contributed by atoms with van der Waals surface area (Å²) < 4.78 is 0. The van der Waals surface area contributed by atoms with E-state index >= 15 is 0 Å². The molecule has 24 heavy (non-hydrogen) atoms. The Morgan fingerprint density at radius 2 is 1.92 bits per heavy atom. The molecule has 1 aliphatic rings. The van der Waals surface area contributed by atoms with Gasteiger partial charge in [-0.05, 0) is 63.4 Å². The Kier molecular flexibility index (Phi) is 4.74. The van der Waals surface area contributed by atoms with Crippen molar-refractivity contribution in [1.82, 2.24) is 0 Å². The molecule has 1 fully saturated rings. The molecule has 1 aliphatic heterocycles. The molecule has 0 aliphatic carbocycles. The van der Waals surface area contributed by atoms with Crippen molar-refractivity contribution in [2.24, 2.45) is 0 Å². The molecule has 0 spiro atoms. The van der Waals surface area contributed by atoms with Crippen LogP contribution in [0, 0.1) is 6.92 Å². The van der Waals surface area contributed by atoms with Gasteiger partial charge in [0, 0.05) is 23.8 Å². The maximum Gasteiger partial charge on any atom is 0.255 e. The van der Waals surface area contributed by atoms with Crippen molar-refractivity contribution >= 4 is 23.0 Å². The van der Waals surface area contributed by atoms with Crippen LogP contribution in [0.5, 0.6) is 0 Å². The molecule has 1 heterocycles. The minimum Gasteiger partial charge on any atom is -0.399 e. The summed E-state index contributed by atoms with van der Waals surface area (Å²) in [6, 6.07) is 13.8. The van der Waals surface area contributed by atoms with Gasteiger partial charge in [0.15, 0.2) is 0 Å². The number of carbonyl (C=O) groups is 1. The third kappa shape index (κ3) is 3.53. The summed E-state index contributed by atoms with van der Waals surface area (Å²) in [6.07, 6.45) is 3.62. The second-order valence-electron chi connectivity index (χ2n) is 6.63. The first kappa shape index (κ1) is 16.4. The number of nitrogen functional groups attached to an aromatic ring is 1. The molecule has 0 aromatic heterocycles. The molecule has 1 amide bonds. The third-order valence-corrected chi connectivity index (χ3v) is 4.69. The summed E-state index contributed by atoms with van der Waals surface area (Å²) >= 11 is 0. The molecule has 0 unspecified atom stereocenters. The Bertz CT molecular complexity index is 724. The highest BCUT2D eigenvalue weighted by molar-refractivity contribution is 6.06. The van der Waals surface area contributed by atoms with Gasteiger partial charge in [-0.3, -0.25) is 4.79 Å². The number of amides is 1. The first-order valence-electron chi connectivity index (χ1n) is 8.59. The van der Waals surface area contributed by atoms with Crippen LogP contribution in [0.2, 0.25) is 0 Å². The number of anilines is 3. The zero-order valence-electron chi connectivity index (χ0n) is 14.4. The number of hydrogen-bond acceptors (Lipinski definition) is 3. The van der Waals surface area contributed by atoms with Crippen molar-refractivity contribution in [1.29, 1.82) is 0 Å². The first-order valence-corrected chi connectivity index (χ1v) is 8.59. The zero-order valence-corrected chi connectivity index (χ0v) is 14.4. The molecule has 3 N–H and O–H groups in total. The van der Waals surface area contributed by atoms with Gasteiger partial charge in [0.25, 0.3) is 5.91 Å². The molecule has 0 saturated carbocycles. The first-order chi connectivity index (χ1) is 11.5. The molecule has 2 aromatic rings. The Hall–Kier alpha value is -2.49. The molecule has 1 atom stereocenters. The van der Waals surface area contributed by atoms with Crippen molar-refractivity contribution in [3.8, 4) is 0 Å². The number of rotatable bonds is 3. The number of aryl methyl sites for hydroxylation is 1. The van der Waals surface area contributed by atoms with E-state index in [2.05, 4.69) is 17.1 Å². The minimum atomic E-state index is -0.105. The van der Waals surface area contributed by atoms with Crippen LogP contribution in [0.4, 0.5) is 17.1 Å². The molecular formula is C20H25N3O. The van der Waals surface area contributed by atoms with Crippen LogP contribution >= 0.6 is 0 Å². The fraction of sp³-hybridized carbons (Fsp3) is 0.350. The fourth-order valence-corrected chi connectivity index (χ4v) is 3.26. The molecule has 3 rings (SSSR count). The molecule has 2 aromatic carbocycles. The number of hydrogen-bond donors (Lipinski definition) is 2. The summed E-state index contributed by atoms with van der Waals surface area (Å²) in [7, 11) is 0. The number of benzene rings is 2. The predicted octanol–water partition coefficient (Wildman–Crippen LogP) is 4.21. The Morgan fingerprint density at radius 3 is 2.62 bits per heavy atom. The topological polar surface area (TPSA) is 58.4 Å². The van der Waals surface area contributed by atoms with E-state index in [0.717, 1.165) is 23.5 Å². The lowest BCUT2D eigenvalue weighted by Crippen LogP contribution is -2.38. The van der Waals surface area contributed by atoms with E-state index in [9.17, 15) is 4.79 Å². The number of nitrogens with two attached hydrogens (primary N) is 1. The lowest BCUT2D eigenvalue weighted by molar-refractivity contribution is 0.102.